The third-order valence-corrected chi connectivity index (χ3v) is 4.34. The normalized spacial score (nSPS) is 11.0. The number of aryl methyl sites for hydroxylation is 1. The van der Waals surface area contributed by atoms with Gasteiger partial charge in [-0.3, -0.25) is 4.79 Å². The second-order valence-electron chi connectivity index (χ2n) is 6.76. The van der Waals surface area contributed by atoms with Crippen molar-refractivity contribution in [3.8, 4) is 11.5 Å². The third kappa shape index (κ3) is 5.94. The van der Waals surface area contributed by atoms with Crippen LogP contribution in [-0.4, -0.2) is 25.3 Å². The van der Waals surface area contributed by atoms with Crippen LogP contribution in [0.15, 0.2) is 62.8 Å². The molecule has 0 radical (unpaired) electrons. The van der Waals surface area contributed by atoms with Gasteiger partial charge in [0.15, 0.2) is 6.61 Å². The van der Waals surface area contributed by atoms with E-state index < -0.39 is 11.5 Å². The van der Waals surface area contributed by atoms with Gasteiger partial charge in [-0.2, -0.15) is 5.10 Å². The molecule has 0 bridgehead atoms. The molecule has 1 N–H and O–H groups in total. The zero-order valence-electron chi connectivity index (χ0n) is 17.0. The van der Waals surface area contributed by atoms with E-state index in [2.05, 4.69) is 17.5 Å². The van der Waals surface area contributed by atoms with Gasteiger partial charge >= 0.3 is 5.63 Å². The molecule has 2 aromatic carbocycles. The summed E-state index contributed by atoms with van der Waals surface area (Å²) < 4.78 is 16.2. The number of carbonyl (C=O) groups excluding carboxylic acids is 1. The molecule has 0 aliphatic carbocycles. The van der Waals surface area contributed by atoms with Crippen molar-refractivity contribution in [1.82, 2.24) is 5.43 Å². The van der Waals surface area contributed by atoms with E-state index in [0.29, 0.717) is 17.9 Å². The Hall–Kier alpha value is -3.61. The average molecular weight is 408 g/mol. The molecule has 3 rings (SSSR count). The molecule has 7 nitrogen and oxygen atoms in total. The topological polar surface area (TPSA) is 90.1 Å². The van der Waals surface area contributed by atoms with Crippen molar-refractivity contribution in [2.24, 2.45) is 5.10 Å². The summed E-state index contributed by atoms with van der Waals surface area (Å²) >= 11 is 0. The Labute approximate surface area is 174 Å². The first-order chi connectivity index (χ1) is 14.5. The van der Waals surface area contributed by atoms with Crippen LogP contribution in [0.5, 0.6) is 11.5 Å². The molecule has 0 aliphatic heterocycles. The summed E-state index contributed by atoms with van der Waals surface area (Å²) in [5.41, 5.74) is 4.06. The molecule has 0 saturated carbocycles. The minimum absolute atomic E-state index is 0.219. The van der Waals surface area contributed by atoms with E-state index >= 15 is 0 Å². The Kier molecular flexibility index (Phi) is 7.21. The number of benzene rings is 2. The maximum absolute atomic E-state index is 11.9. The fourth-order valence-electron chi connectivity index (χ4n) is 2.74. The predicted molar refractivity (Wildman–Crippen MR) is 115 cm³/mol. The van der Waals surface area contributed by atoms with Crippen molar-refractivity contribution < 1.29 is 18.7 Å². The number of hydrogen-bond donors (Lipinski definition) is 1. The molecule has 3 aromatic rings. The monoisotopic (exact) mass is 408 g/mol. The number of rotatable bonds is 9. The second kappa shape index (κ2) is 10.2. The number of nitrogens with zero attached hydrogens (tertiary/aromatic N) is 1. The second-order valence-corrected chi connectivity index (χ2v) is 6.76. The van der Waals surface area contributed by atoms with Crippen molar-refractivity contribution in [2.75, 3.05) is 13.2 Å². The summed E-state index contributed by atoms with van der Waals surface area (Å²) in [6.07, 6.45) is 3.65. The van der Waals surface area contributed by atoms with Gasteiger partial charge in [-0.25, -0.2) is 10.2 Å². The summed E-state index contributed by atoms with van der Waals surface area (Å²) in [7, 11) is 0. The number of fused-ring (bicyclic) bond motifs is 1. The van der Waals surface area contributed by atoms with Crippen molar-refractivity contribution in [3.63, 3.8) is 0 Å². The van der Waals surface area contributed by atoms with Gasteiger partial charge in [0.25, 0.3) is 5.91 Å². The van der Waals surface area contributed by atoms with Gasteiger partial charge in [0.2, 0.25) is 0 Å². The Morgan fingerprint density at radius 2 is 1.87 bits per heavy atom. The number of unbranched alkanes of at least 4 members (excludes halogenated alkanes) is 1. The fraction of sp³-hybridized carbons (Fsp3) is 0.261. The van der Waals surface area contributed by atoms with E-state index in [1.807, 2.05) is 31.2 Å². The molecule has 0 fully saturated rings. The Morgan fingerprint density at radius 3 is 2.63 bits per heavy atom. The summed E-state index contributed by atoms with van der Waals surface area (Å²) in [6.45, 7) is 4.43. The lowest BCUT2D eigenvalue weighted by molar-refractivity contribution is -0.123. The predicted octanol–water partition coefficient (Wildman–Crippen LogP) is 3.81. The van der Waals surface area contributed by atoms with E-state index in [-0.39, 0.29) is 6.61 Å². The summed E-state index contributed by atoms with van der Waals surface area (Å²) in [5.74, 6) is 0.824. The zero-order chi connectivity index (χ0) is 21.3. The summed E-state index contributed by atoms with van der Waals surface area (Å²) in [6, 6.07) is 14.0. The lowest BCUT2D eigenvalue weighted by atomic mass is 10.1. The van der Waals surface area contributed by atoms with Crippen molar-refractivity contribution in [2.45, 2.75) is 26.7 Å². The smallest absolute Gasteiger partial charge is 0.336 e. The van der Waals surface area contributed by atoms with E-state index in [0.717, 1.165) is 35.1 Å². The van der Waals surface area contributed by atoms with Crippen LogP contribution >= 0.6 is 0 Å². The van der Waals surface area contributed by atoms with Crippen molar-refractivity contribution in [3.05, 3.63) is 70.1 Å². The van der Waals surface area contributed by atoms with Gasteiger partial charge in [0, 0.05) is 17.5 Å². The quantitative estimate of drug-likeness (QED) is 0.252. The molecule has 30 heavy (non-hydrogen) atoms. The highest BCUT2D eigenvalue weighted by atomic mass is 16.5. The number of ether oxygens (including phenoxy) is 2. The van der Waals surface area contributed by atoms with E-state index in [9.17, 15) is 9.59 Å². The molecule has 0 unspecified atom stereocenters. The first-order valence-electron chi connectivity index (χ1n) is 9.77. The molecule has 0 saturated heterocycles. The molecule has 0 atom stereocenters. The van der Waals surface area contributed by atoms with Gasteiger partial charge in [0.05, 0.1) is 12.8 Å². The molecular formula is C23H24N2O5. The molecule has 1 aromatic heterocycles. The van der Waals surface area contributed by atoms with Crippen LogP contribution in [0.25, 0.3) is 11.0 Å². The minimum Gasteiger partial charge on any atom is -0.494 e. The molecule has 7 heteroatoms. The number of hydrazone groups is 1. The highest BCUT2D eigenvalue weighted by molar-refractivity contribution is 5.83. The highest BCUT2D eigenvalue weighted by Crippen LogP contribution is 2.22. The largest absolute Gasteiger partial charge is 0.494 e. The maximum Gasteiger partial charge on any atom is 0.336 e. The van der Waals surface area contributed by atoms with Gasteiger partial charge in [-0.05, 0) is 60.9 Å². The van der Waals surface area contributed by atoms with Gasteiger partial charge in [0.1, 0.15) is 17.1 Å². The molecule has 1 heterocycles. The fourth-order valence-corrected chi connectivity index (χ4v) is 2.74. The molecular weight excluding hydrogens is 384 g/mol. The van der Waals surface area contributed by atoms with E-state index in [1.165, 1.54) is 6.07 Å². The standard InChI is InChI=1S/C23H24N2O5/c1-3-4-11-28-18-7-5-17(6-8-18)14-24-25-22(26)15-29-19-9-10-20-16(2)12-23(27)30-21(20)13-19/h5-10,12-14H,3-4,11,15H2,1-2H3,(H,25,26)/b24-14-. The molecule has 156 valence electrons. The average Bonchev–Trinajstić information content (AvgIpc) is 2.73. The van der Waals surface area contributed by atoms with Crippen LogP contribution in [0.4, 0.5) is 0 Å². The van der Waals surface area contributed by atoms with Gasteiger partial charge < -0.3 is 13.9 Å². The van der Waals surface area contributed by atoms with Crippen LogP contribution in [0.3, 0.4) is 0 Å². The molecule has 0 aliphatic rings. The minimum atomic E-state index is -0.426. The van der Waals surface area contributed by atoms with Crippen LogP contribution in [0.2, 0.25) is 0 Å². The van der Waals surface area contributed by atoms with Crippen LogP contribution in [-0.2, 0) is 4.79 Å². The number of amides is 1. The molecule has 1 amide bonds. The lowest BCUT2D eigenvalue weighted by Gasteiger charge is -2.07. The van der Waals surface area contributed by atoms with Gasteiger partial charge in [-0.1, -0.05) is 13.3 Å². The zero-order valence-corrected chi connectivity index (χ0v) is 17.0. The lowest BCUT2D eigenvalue weighted by Crippen LogP contribution is -2.24. The first-order valence-corrected chi connectivity index (χ1v) is 9.77. The Morgan fingerprint density at radius 1 is 1.10 bits per heavy atom. The number of carbonyl (C=O) groups is 1. The van der Waals surface area contributed by atoms with Crippen molar-refractivity contribution >= 4 is 23.1 Å². The van der Waals surface area contributed by atoms with Crippen molar-refractivity contribution in [1.29, 1.82) is 0 Å². The number of hydrogen-bond acceptors (Lipinski definition) is 6. The van der Waals surface area contributed by atoms with Crippen LogP contribution in [0.1, 0.15) is 30.9 Å². The van der Waals surface area contributed by atoms with Crippen LogP contribution < -0.4 is 20.5 Å². The number of nitrogens with one attached hydrogen (secondary N) is 1. The highest BCUT2D eigenvalue weighted by Gasteiger charge is 2.06. The summed E-state index contributed by atoms with van der Waals surface area (Å²) in [5, 5.41) is 4.74. The first kappa shape index (κ1) is 21.1. The Bertz CT molecular complexity index is 1090. The Balaban J connectivity index is 1.49. The van der Waals surface area contributed by atoms with E-state index in [4.69, 9.17) is 13.9 Å². The maximum atomic E-state index is 11.9. The summed E-state index contributed by atoms with van der Waals surface area (Å²) in [4.78, 5) is 23.4. The van der Waals surface area contributed by atoms with Crippen LogP contribution in [0, 0.1) is 6.92 Å². The van der Waals surface area contributed by atoms with E-state index in [1.54, 1.807) is 24.4 Å². The third-order valence-electron chi connectivity index (χ3n) is 4.34. The molecule has 0 spiro atoms. The SMILES string of the molecule is CCCCOc1ccc(/C=N\NC(=O)COc2ccc3c(C)cc(=O)oc3c2)cc1. The van der Waals surface area contributed by atoms with Gasteiger partial charge in [-0.15, -0.1) is 0 Å².